The number of halogens is 1. The molecule has 1 atom stereocenters. The van der Waals surface area contributed by atoms with Crippen molar-refractivity contribution in [3.8, 4) is 0 Å². The fourth-order valence-corrected chi connectivity index (χ4v) is 2.91. The van der Waals surface area contributed by atoms with E-state index in [1.807, 2.05) is 6.20 Å². The van der Waals surface area contributed by atoms with Gasteiger partial charge >= 0.3 is 0 Å². The zero-order chi connectivity index (χ0) is 17.2. The van der Waals surface area contributed by atoms with E-state index in [1.54, 1.807) is 14.2 Å². The van der Waals surface area contributed by atoms with Crippen LogP contribution in [0.4, 0.5) is 5.82 Å². The van der Waals surface area contributed by atoms with Crippen molar-refractivity contribution in [1.29, 1.82) is 0 Å². The van der Waals surface area contributed by atoms with E-state index in [2.05, 4.69) is 44.6 Å². The lowest BCUT2D eigenvalue weighted by atomic mass is 10.2. The Balaban J connectivity index is 0.00000312. The molecule has 0 spiro atoms. The Morgan fingerprint density at radius 1 is 1.28 bits per heavy atom. The lowest BCUT2D eigenvalue weighted by Crippen LogP contribution is -2.43. The van der Waals surface area contributed by atoms with Crippen molar-refractivity contribution in [3.63, 3.8) is 0 Å². The van der Waals surface area contributed by atoms with Gasteiger partial charge in [-0.1, -0.05) is 18.9 Å². The van der Waals surface area contributed by atoms with E-state index in [4.69, 9.17) is 4.74 Å². The molecule has 1 aliphatic heterocycles. The quantitative estimate of drug-likeness (QED) is 0.388. The molecule has 1 aromatic heterocycles. The van der Waals surface area contributed by atoms with Crippen LogP contribution in [0.2, 0.25) is 0 Å². The largest absolute Gasteiger partial charge is 0.383 e. The van der Waals surface area contributed by atoms with Crippen LogP contribution in [-0.2, 0) is 11.3 Å². The molecule has 2 N–H and O–H groups in total. The van der Waals surface area contributed by atoms with Gasteiger partial charge in [-0.25, -0.2) is 4.98 Å². The summed E-state index contributed by atoms with van der Waals surface area (Å²) in [5.74, 6) is 1.87. The van der Waals surface area contributed by atoms with Crippen LogP contribution < -0.4 is 15.5 Å². The van der Waals surface area contributed by atoms with Gasteiger partial charge in [0, 0.05) is 46.0 Å². The number of hydrogen-bond acceptors (Lipinski definition) is 4. The van der Waals surface area contributed by atoms with E-state index < -0.39 is 0 Å². The number of aromatic nitrogens is 1. The summed E-state index contributed by atoms with van der Waals surface area (Å²) in [6.45, 7) is 5.66. The number of guanidine groups is 1. The minimum Gasteiger partial charge on any atom is -0.383 e. The maximum atomic E-state index is 5.13. The van der Waals surface area contributed by atoms with Crippen molar-refractivity contribution in [2.45, 2.75) is 45.2 Å². The van der Waals surface area contributed by atoms with Crippen LogP contribution in [0, 0.1) is 0 Å². The first-order chi connectivity index (χ1) is 11.7. The average Bonchev–Trinajstić information content (AvgIpc) is 2.88. The maximum absolute atomic E-state index is 5.13. The molecular formula is C18H32IN5O. The molecule has 0 aliphatic carbocycles. The first-order valence-corrected chi connectivity index (χ1v) is 8.89. The normalized spacial score (nSPS) is 16.6. The summed E-state index contributed by atoms with van der Waals surface area (Å²) in [7, 11) is 3.47. The fourth-order valence-electron chi connectivity index (χ4n) is 2.91. The minimum atomic E-state index is 0. The smallest absolute Gasteiger partial charge is 0.191 e. The van der Waals surface area contributed by atoms with Crippen LogP contribution >= 0.6 is 24.0 Å². The number of aliphatic imine (C=N–C) groups is 1. The van der Waals surface area contributed by atoms with Crippen LogP contribution in [0.15, 0.2) is 23.3 Å². The van der Waals surface area contributed by atoms with Gasteiger partial charge in [0.15, 0.2) is 5.96 Å². The molecule has 0 saturated carbocycles. The van der Waals surface area contributed by atoms with Crippen LogP contribution in [-0.4, -0.2) is 50.8 Å². The Hall–Kier alpha value is -1.09. The highest BCUT2D eigenvalue weighted by atomic mass is 127. The maximum Gasteiger partial charge on any atom is 0.191 e. The average molecular weight is 461 g/mol. The van der Waals surface area contributed by atoms with Gasteiger partial charge in [-0.15, -0.1) is 24.0 Å². The Kier molecular flexibility index (Phi) is 10.8. The number of ether oxygens (including phenoxy) is 1. The predicted molar refractivity (Wildman–Crippen MR) is 115 cm³/mol. The molecule has 0 aromatic carbocycles. The van der Waals surface area contributed by atoms with E-state index in [9.17, 15) is 0 Å². The molecular weight excluding hydrogens is 429 g/mol. The molecule has 7 heteroatoms. The third kappa shape index (κ3) is 7.77. The number of hydrogen-bond donors (Lipinski definition) is 2. The molecule has 25 heavy (non-hydrogen) atoms. The zero-order valence-corrected chi connectivity index (χ0v) is 18.0. The first kappa shape index (κ1) is 22.0. The zero-order valence-electron chi connectivity index (χ0n) is 15.6. The molecule has 0 radical (unpaired) electrons. The van der Waals surface area contributed by atoms with Crippen LogP contribution in [0.5, 0.6) is 0 Å². The van der Waals surface area contributed by atoms with Gasteiger partial charge in [-0.3, -0.25) is 4.99 Å². The summed E-state index contributed by atoms with van der Waals surface area (Å²) in [6, 6.07) is 4.49. The Labute approximate surface area is 168 Å². The van der Waals surface area contributed by atoms with Gasteiger partial charge in [-0.05, 0) is 31.4 Å². The van der Waals surface area contributed by atoms with Gasteiger partial charge in [0.2, 0.25) is 0 Å². The van der Waals surface area contributed by atoms with Gasteiger partial charge in [0.1, 0.15) is 5.82 Å². The minimum absolute atomic E-state index is 0. The van der Waals surface area contributed by atoms with E-state index in [0.717, 1.165) is 30.4 Å². The van der Waals surface area contributed by atoms with Crippen molar-refractivity contribution >= 4 is 35.8 Å². The van der Waals surface area contributed by atoms with Crippen LogP contribution in [0.1, 0.15) is 38.2 Å². The summed E-state index contributed by atoms with van der Waals surface area (Å²) < 4.78 is 5.13. The van der Waals surface area contributed by atoms with Crippen LogP contribution in [0.25, 0.3) is 0 Å². The van der Waals surface area contributed by atoms with Crippen molar-refractivity contribution in [2.24, 2.45) is 4.99 Å². The highest BCUT2D eigenvalue weighted by molar-refractivity contribution is 14.0. The Bertz CT molecular complexity index is 501. The molecule has 1 unspecified atom stereocenters. The molecule has 2 rings (SSSR count). The van der Waals surface area contributed by atoms with Crippen molar-refractivity contribution in [1.82, 2.24) is 15.6 Å². The SMILES string of the molecule is CN=C(NCc1ccc(N2CCCCCC2)nc1)NC(C)COC.I. The first-order valence-electron chi connectivity index (χ1n) is 8.89. The molecule has 1 aliphatic rings. The van der Waals surface area contributed by atoms with Crippen LogP contribution in [0.3, 0.4) is 0 Å². The van der Waals surface area contributed by atoms with Crippen molar-refractivity contribution < 1.29 is 4.74 Å². The molecule has 1 saturated heterocycles. The highest BCUT2D eigenvalue weighted by Crippen LogP contribution is 2.17. The topological polar surface area (TPSA) is 61.8 Å². The lowest BCUT2D eigenvalue weighted by molar-refractivity contribution is 0.179. The number of anilines is 1. The number of rotatable bonds is 6. The molecule has 1 aromatic rings. The monoisotopic (exact) mass is 461 g/mol. The molecule has 6 nitrogen and oxygen atoms in total. The van der Waals surface area contributed by atoms with Crippen molar-refractivity contribution in [3.05, 3.63) is 23.9 Å². The predicted octanol–water partition coefficient (Wildman–Crippen LogP) is 2.78. The second-order valence-electron chi connectivity index (χ2n) is 6.35. The summed E-state index contributed by atoms with van der Waals surface area (Å²) in [6.07, 6.45) is 7.18. The number of nitrogens with zero attached hydrogens (tertiary/aromatic N) is 3. The van der Waals surface area contributed by atoms with Gasteiger partial charge in [-0.2, -0.15) is 0 Å². The fraction of sp³-hybridized carbons (Fsp3) is 0.667. The standard InChI is InChI=1S/C18H31N5O.HI/c1-15(14-24-3)22-18(19-2)21-13-16-8-9-17(20-12-16)23-10-6-4-5-7-11-23;/h8-9,12,15H,4-7,10-11,13-14H2,1-3H3,(H2,19,21,22);1H. The second-order valence-corrected chi connectivity index (χ2v) is 6.35. The van der Waals surface area contributed by atoms with Gasteiger partial charge in [0.25, 0.3) is 0 Å². The summed E-state index contributed by atoms with van der Waals surface area (Å²) >= 11 is 0. The summed E-state index contributed by atoms with van der Waals surface area (Å²) in [4.78, 5) is 11.3. The third-order valence-corrected chi connectivity index (χ3v) is 4.22. The Morgan fingerprint density at radius 3 is 2.56 bits per heavy atom. The van der Waals surface area contributed by atoms with E-state index >= 15 is 0 Å². The Morgan fingerprint density at radius 2 is 2.00 bits per heavy atom. The second kappa shape index (κ2) is 12.3. The van der Waals surface area contributed by atoms with E-state index in [0.29, 0.717) is 13.2 Å². The van der Waals surface area contributed by atoms with E-state index in [1.165, 1.54) is 25.7 Å². The highest BCUT2D eigenvalue weighted by Gasteiger charge is 2.11. The molecule has 0 bridgehead atoms. The number of nitrogens with one attached hydrogen (secondary N) is 2. The number of methoxy groups -OCH3 is 1. The van der Waals surface area contributed by atoms with Gasteiger partial charge < -0.3 is 20.3 Å². The third-order valence-electron chi connectivity index (χ3n) is 4.22. The van der Waals surface area contributed by atoms with Gasteiger partial charge in [0.05, 0.1) is 6.61 Å². The van der Waals surface area contributed by atoms with E-state index in [-0.39, 0.29) is 30.0 Å². The number of pyridine rings is 1. The molecule has 1 fully saturated rings. The lowest BCUT2D eigenvalue weighted by Gasteiger charge is -2.21. The molecule has 2 heterocycles. The van der Waals surface area contributed by atoms with Crippen molar-refractivity contribution in [2.75, 3.05) is 38.8 Å². The summed E-state index contributed by atoms with van der Waals surface area (Å²) in [5, 5.41) is 6.61. The molecule has 142 valence electrons. The molecule has 0 amide bonds. The summed E-state index contributed by atoms with van der Waals surface area (Å²) in [5.41, 5.74) is 1.15.